The number of nitrogens with zero attached hydrogens (tertiary/aromatic N) is 3. The Bertz CT molecular complexity index is 1050. The maximum absolute atomic E-state index is 13.1. The van der Waals surface area contributed by atoms with Crippen LogP contribution in [0.2, 0.25) is 0 Å². The van der Waals surface area contributed by atoms with Crippen molar-refractivity contribution in [3.05, 3.63) is 84.2 Å². The molecule has 5 heteroatoms. The lowest BCUT2D eigenvalue weighted by atomic mass is 10.0. The number of hydrogen-bond donors (Lipinski definition) is 0. The lowest BCUT2D eigenvalue weighted by Crippen LogP contribution is -2.57. The Hall–Kier alpha value is -3.47. The van der Waals surface area contributed by atoms with Crippen LogP contribution in [0.1, 0.15) is 22.8 Å². The lowest BCUT2D eigenvalue weighted by Gasteiger charge is -2.40. The third kappa shape index (κ3) is 3.63. The third-order valence-corrected chi connectivity index (χ3v) is 5.40. The van der Waals surface area contributed by atoms with Crippen LogP contribution in [0.5, 0.6) is 0 Å². The molecule has 0 bridgehead atoms. The number of aromatic nitrogens is 1. The van der Waals surface area contributed by atoms with Gasteiger partial charge in [-0.05, 0) is 37.1 Å². The number of hydrogen-bond acceptors (Lipinski definition) is 3. The normalized spacial score (nSPS) is 16.8. The SMILES string of the molecule is Cc1ccncc1C(=O)N1CC(=O)N(c2ccccc2-c2ccccc2)CC1C. The van der Waals surface area contributed by atoms with Crippen molar-refractivity contribution in [3.8, 4) is 11.1 Å². The quantitative estimate of drug-likeness (QED) is 0.686. The van der Waals surface area contributed by atoms with Gasteiger partial charge in [-0.15, -0.1) is 0 Å². The maximum Gasteiger partial charge on any atom is 0.256 e. The van der Waals surface area contributed by atoms with Crippen LogP contribution < -0.4 is 4.90 Å². The summed E-state index contributed by atoms with van der Waals surface area (Å²) in [5.41, 5.74) is 4.36. The molecule has 0 saturated carbocycles. The van der Waals surface area contributed by atoms with Crippen LogP contribution in [-0.4, -0.2) is 40.8 Å². The number of amides is 2. The van der Waals surface area contributed by atoms with Crippen LogP contribution in [0.3, 0.4) is 0 Å². The Morgan fingerprint density at radius 1 is 1.03 bits per heavy atom. The first-order valence-electron chi connectivity index (χ1n) is 9.72. The zero-order valence-corrected chi connectivity index (χ0v) is 16.6. The molecule has 4 rings (SSSR count). The van der Waals surface area contributed by atoms with Crippen molar-refractivity contribution < 1.29 is 9.59 Å². The molecule has 0 N–H and O–H groups in total. The Labute approximate surface area is 170 Å². The fourth-order valence-corrected chi connectivity index (χ4v) is 3.77. The van der Waals surface area contributed by atoms with Gasteiger partial charge in [-0.1, -0.05) is 48.5 Å². The van der Waals surface area contributed by atoms with E-state index in [0.29, 0.717) is 12.1 Å². The molecule has 1 atom stereocenters. The molecule has 3 aromatic rings. The molecule has 1 aromatic heterocycles. The summed E-state index contributed by atoms with van der Waals surface area (Å²) in [5.74, 6) is -0.228. The van der Waals surface area contributed by atoms with E-state index < -0.39 is 0 Å². The molecule has 0 radical (unpaired) electrons. The number of carbonyl (C=O) groups is 2. The molecule has 0 spiro atoms. The molecule has 2 amide bonds. The van der Waals surface area contributed by atoms with Crippen molar-refractivity contribution in [1.82, 2.24) is 9.88 Å². The Balaban J connectivity index is 1.62. The second-order valence-corrected chi connectivity index (χ2v) is 7.36. The predicted octanol–water partition coefficient (Wildman–Crippen LogP) is 3.93. The molecule has 2 aromatic carbocycles. The first-order valence-corrected chi connectivity index (χ1v) is 9.72. The van der Waals surface area contributed by atoms with Gasteiger partial charge in [0, 0.05) is 30.5 Å². The Morgan fingerprint density at radius 2 is 1.76 bits per heavy atom. The van der Waals surface area contributed by atoms with Crippen molar-refractivity contribution in [3.63, 3.8) is 0 Å². The molecule has 29 heavy (non-hydrogen) atoms. The first kappa shape index (κ1) is 18.9. The molecule has 2 heterocycles. The molecule has 1 fully saturated rings. The smallest absolute Gasteiger partial charge is 0.256 e. The summed E-state index contributed by atoms with van der Waals surface area (Å²) in [5, 5.41) is 0. The monoisotopic (exact) mass is 385 g/mol. The van der Waals surface area contributed by atoms with Crippen LogP contribution in [0.25, 0.3) is 11.1 Å². The van der Waals surface area contributed by atoms with E-state index in [9.17, 15) is 9.59 Å². The fraction of sp³-hybridized carbons (Fsp3) is 0.208. The highest BCUT2D eigenvalue weighted by Gasteiger charge is 2.35. The van der Waals surface area contributed by atoms with E-state index in [0.717, 1.165) is 22.4 Å². The molecule has 146 valence electrons. The van der Waals surface area contributed by atoms with Crippen molar-refractivity contribution in [2.75, 3.05) is 18.0 Å². The summed E-state index contributed by atoms with van der Waals surface area (Å²) < 4.78 is 0. The van der Waals surface area contributed by atoms with Gasteiger partial charge < -0.3 is 9.80 Å². The minimum atomic E-state index is -0.146. The number of aryl methyl sites for hydroxylation is 1. The van der Waals surface area contributed by atoms with Crippen LogP contribution in [0.15, 0.2) is 73.1 Å². The predicted molar refractivity (Wildman–Crippen MR) is 114 cm³/mol. The van der Waals surface area contributed by atoms with Gasteiger partial charge in [-0.3, -0.25) is 14.6 Å². The molecule has 1 saturated heterocycles. The van der Waals surface area contributed by atoms with E-state index in [1.54, 1.807) is 22.2 Å². The number of anilines is 1. The van der Waals surface area contributed by atoms with Crippen molar-refractivity contribution in [1.29, 1.82) is 0 Å². The average molecular weight is 385 g/mol. The van der Waals surface area contributed by atoms with Gasteiger partial charge >= 0.3 is 0 Å². The zero-order chi connectivity index (χ0) is 20.4. The van der Waals surface area contributed by atoms with Crippen molar-refractivity contribution >= 4 is 17.5 Å². The van der Waals surface area contributed by atoms with Gasteiger partial charge in [0.05, 0.1) is 11.3 Å². The van der Waals surface area contributed by atoms with Gasteiger partial charge in [0.1, 0.15) is 6.54 Å². The van der Waals surface area contributed by atoms with Crippen molar-refractivity contribution in [2.45, 2.75) is 19.9 Å². The Morgan fingerprint density at radius 3 is 2.52 bits per heavy atom. The second kappa shape index (κ2) is 7.87. The third-order valence-electron chi connectivity index (χ3n) is 5.40. The van der Waals surface area contributed by atoms with Gasteiger partial charge in [0.25, 0.3) is 5.91 Å². The van der Waals surface area contributed by atoms with Gasteiger partial charge in [-0.25, -0.2) is 0 Å². The number of benzene rings is 2. The minimum absolute atomic E-state index is 0.0530. The molecule has 0 aliphatic carbocycles. The summed E-state index contributed by atoms with van der Waals surface area (Å²) in [6, 6.07) is 19.7. The molecule has 1 aliphatic heterocycles. The van der Waals surface area contributed by atoms with Gasteiger partial charge in [0.15, 0.2) is 0 Å². The Kier molecular flexibility index (Phi) is 5.12. The maximum atomic E-state index is 13.1. The highest BCUT2D eigenvalue weighted by atomic mass is 16.2. The number of piperazine rings is 1. The summed E-state index contributed by atoms with van der Waals surface area (Å²) in [6.07, 6.45) is 3.24. The molecular weight excluding hydrogens is 362 g/mol. The number of carbonyl (C=O) groups excluding carboxylic acids is 2. The van der Waals surface area contributed by atoms with E-state index in [1.165, 1.54) is 0 Å². The fourth-order valence-electron chi connectivity index (χ4n) is 3.77. The first-order chi connectivity index (χ1) is 14.1. The van der Waals surface area contributed by atoms with E-state index in [2.05, 4.69) is 4.98 Å². The highest BCUT2D eigenvalue weighted by molar-refractivity contribution is 6.04. The standard InChI is InChI=1S/C24H23N3O2/c1-17-12-13-25-14-21(17)24(29)26-16-23(28)27(15-18(26)2)22-11-7-6-10-20(22)19-8-4-3-5-9-19/h3-14,18H,15-16H2,1-2H3. The van der Waals surface area contributed by atoms with Crippen LogP contribution in [-0.2, 0) is 4.79 Å². The summed E-state index contributed by atoms with van der Waals surface area (Å²) in [6.45, 7) is 4.37. The van der Waals surface area contributed by atoms with Gasteiger partial charge in [0.2, 0.25) is 5.91 Å². The zero-order valence-electron chi connectivity index (χ0n) is 16.6. The largest absolute Gasteiger partial charge is 0.325 e. The molecule has 1 aliphatic rings. The topological polar surface area (TPSA) is 53.5 Å². The van der Waals surface area contributed by atoms with E-state index >= 15 is 0 Å². The number of para-hydroxylation sites is 1. The molecule has 1 unspecified atom stereocenters. The van der Waals surface area contributed by atoms with Gasteiger partial charge in [-0.2, -0.15) is 0 Å². The van der Waals surface area contributed by atoms with Crippen LogP contribution in [0, 0.1) is 6.92 Å². The minimum Gasteiger partial charge on any atom is -0.325 e. The molecule has 5 nitrogen and oxygen atoms in total. The number of pyridine rings is 1. The average Bonchev–Trinajstić information content (AvgIpc) is 2.75. The summed E-state index contributed by atoms with van der Waals surface area (Å²) in [7, 11) is 0. The van der Waals surface area contributed by atoms with Crippen LogP contribution in [0.4, 0.5) is 5.69 Å². The summed E-state index contributed by atoms with van der Waals surface area (Å²) in [4.78, 5) is 33.6. The molecular formula is C24H23N3O2. The van der Waals surface area contributed by atoms with Crippen molar-refractivity contribution in [2.24, 2.45) is 0 Å². The lowest BCUT2D eigenvalue weighted by molar-refractivity contribution is -0.121. The van der Waals surface area contributed by atoms with E-state index in [-0.39, 0.29) is 24.4 Å². The number of rotatable bonds is 3. The van der Waals surface area contributed by atoms with Crippen LogP contribution >= 0.6 is 0 Å². The highest BCUT2D eigenvalue weighted by Crippen LogP contribution is 2.32. The van der Waals surface area contributed by atoms with E-state index in [4.69, 9.17) is 0 Å². The summed E-state index contributed by atoms with van der Waals surface area (Å²) >= 11 is 0. The second-order valence-electron chi connectivity index (χ2n) is 7.36. The van der Waals surface area contributed by atoms with E-state index in [1.807, 2.05) is 74.5 Å².